The van der Waals surface area contributed by atoms with E-state index in [1.807, 2.05) is 30.1 Å². The number of halogens is 1. The molecular weight excluding hydrogens is 599 g/mol. The van der Waals surface area contributed by atoms with Crippen LogP contribution in [0, 0.1) is 5.92 Å². The van der Waals surface area contributed by atoms with Crippen LogP contribution in [0.3, 0.4) is 0 Å². The molecule has 0 saturated heterocycles. The van der Waals surface area contributed by atoms with Crippen molar-refractivity contribution in [3.05, 3.63) is 21.8 Å². The minimum Gasteiger partial charge on any atom is -0.457 e. The highest BCUT2D eigenvalue weighted by atomic mass is 127. The van der Waals surface area contributed by atoms with E-state index in [4.69, 9.17) is 13.6 Å². The molecule has 0 unspecified atom stereocenters. The van der Waals surface area contributed by atoms with Crippen LogP contribution in [0.2, 0.25) is 36.3 Å². The zero-order chi connectivity index (χ0) is 27.9. The van der Waals surface area contributed by atoms with Gasteiger partial charge < -0.3 is 18.7 Å². The summed E-state index contributed by atoms with van der Waals surface area (Å²) >= 11 is 2.19. The molecule has 0 aromatic heterocycles. The van der Waals surface area contributed by atoms with E-state index in [2.05, 4.69) is 84.2 Å². The summed E-state index contributed by atoms with van der Waals surface area (Å²) in [7, 11) is -4.13. The molecule has 1 aliphatic heterocycles. The van der Waals surface area contributed by atoms with Crippen LogP contribution in [0.15, 0.2) is 21.8 Å². The zero-order valence-corrected chi connectivity index (χ0v) is 28.9. The Morgan fingerprint density at radius 2 is 1.78 bits per heavy atom. The van der Waals surface area contributed by atoms with Crippen molar-refractivity contribution in [2.75, 3.05) is 0 Å². The van der Waals surface area contributed by atoms with Crippen molar-refractivity contribution in [3.63, 3.8) is 0 Å². The second kappa shape index (κ2) is 13.9. The number of carbonyl (C=O) groups is 1. The summed E-state index contributed by atoms with van der Waals surface area (Å²) in [5.74, 6) is -0.312. The van der Waals surface area contributed by atoms with Crippen molar-refractivity contribution >= 4 is 45.2 Å². The Morgan fingerprint density at radius 3 is 2.25 bits per heavy atom. The first kappa shape index (κ1) is 34.0. The molecule has 1 aliphatic rings. The van der Waals surface area contributed by atoms with E-state index in [-0.39, 0.29) is 35.6 Å². The van der Waals surface area contributed by atoms with Gasteiger partial charge in [0.2, 0.25) is 0 Å². The van der Waals surface area contributed by atoms with E-state index in [0.29, 0.717) is 12.8 Å². The van der Waals surface area contributed by atoms with E-state index in [1.165, 1.54) is 0 Å². The van der Waals surface area contributed by atoms with Crippen molar-refractivity contribution in [3.8, 4) is 0 Å². The van der Waals surface area contributed by atoms with Crippen LogP contribution < -0.4 is 0 Å². The van der Waals surface area contributed by atoms with Crippen molar-refractivity contribution in [1.82, 2.24) is 0 Å². The number of rotatable bonds is 8. The SMILES string of the molecule is CC[Si](CC)(CC)O[C@]1(C)CC[C@@H](O[Si](C)(C)C(C)(C)C)CC(=O)O[C@H](/C(C)=C/I)[C@@H](C)/C=C\[C@@H]1O. The molecule has 5 atom stereocenters. The van der Waals surface area contributed by atoms with Crippen LogP contribution in [0.4, 0.5) is 0 Å². The third kappa shape index (κ3) is 9.04. The van der Waals surface area contributed by atoms with Gasteiger partial charge in [-0.05, 0) is 72.6 Å². The monoisotopic (exact) mass is 652 g/mol. The lowest BCUT2D eigenvalue weighted by molar-refractivity contribution is -0.151. The van der Waals surface area contributed by atoms with Crippen molar-refractivity contribution in [2.45, 2.75) is 142 Å². The molecular formula is C28H53IO5Si2. The molecule has 0 aromatic carbocycles. The van der Waals surface area contributed by atoms with E-state index in [0.717, 1.165) is 23.7 Å². The lowest BCUT2D eigenvalue weighted by Crippen LogP contribution is -2.52. The van der Waals surface area contributed by atoms with Gasteiger partial charge in [0.05, 0.1) is 24.2 Å². The highest BCUT2D eigenvalue weighted by molar-refractivity contribution is 14.1. The predicted molar refractivity (Wildman–Crippen MR) is 165 cm³/mol. The van der Waals surface area contributed by atoms with Gasteiger partial charge in [0.25, 0.3) is 0 Å². The Morgan fingerprint density at radius 1 is 1.22 bits per heavy atom. The average molecular weight is 653 g/mol. The van der Waals surface area contributed by atoms with Gasteiger partial charge in [-0.3, -0.25) is 4.79 Å². The Kier molecular flexibility index (Phi) is 13.1. The van der Waals surface area contributed by atoms with Gasteiger partial charge in [-0.15, -0.1) is 0 Å². The van der Waals surface area contributed by atoms with Gasteiger partial charge in [0, 0.05) is 5.92 Å². The lowest BCUT2D eigenvalue weighted by Gasteiger charge is -2.44. The first-order valence-corrected chi connectivity index (χ1v) is 20.4. The number of hydrogen-bond donors (Lipinski definition) is 1. The number of cyclic esters (lactones) is 1. The summed E-state index contributed by atoms with van der Waals surface area (Å²) in [5.41, 5.74) is 0.245. The number of hydrogen-bond acceptors (Lipinski definition) is 5. The molecule has 0 spiro atoms. The summed E-state index contributed by atoms with van der Waals surface area (Å²) < 4.78 is 21.7. The summed E-state index contributed by atoms with van der Waals surface area (Å²) in [4.78, 5) is 13.2. The summed E-state index contributed by atoms with van der Waals surface area (Å²) in [5, 5.41) is 11.5. The Balaban J connectivity index is 3.53. The number of carbonyl (C=O) groups excluding carboxylic acids is 1. The van der Waals surface area contributed by atoms with E-state index in [9.17, 15) is 9.90 Å². The normalized spacial score (nSPS) is 30.8. The topological polar surface area (TPSA) is 65.0 Å². The van der Waals surface area contributed by atoms with Gasteiger partial charge in [-0.1, -0.05) is 83.2 Å². The molecule has 0 bridgehead atoms. The van der Waals surface area contributed by atoms with Crippen LogP contribution in [-0.4, -0.2) is 51.6 Å². The minimum atomic E-state index is -2.13. The van der Waals surface area contributed by atoms with E-state index < -0.39 is 28.3 Å². The first-order chi connectivity index (χ1) is 16.5. The van der Waals surface area contributed by atoms with Crippen LogP contribution in [0.5, 0.6) is 0 Å². The summed E-state index contributed by atoms with van der Waals surface area (Å²) in [6.07, 6.45) is 3.87. The first-order valence-electron chi connectivity index (χ1n) is 13.7. The molecule has 0 amide bonds. The van der Waals surface area contributed by atoms with Crippen molar-refractivity contribution in [1.29, 1.82) is 0 Å². The molecule has 0 saturated carbocycles. The number of ether oxygens (including phenoxy) is 1. The maximum atomic E-state index is 13.2. The van der Waals surface area contributed by atoms with Crippen molar-refractivity contribution < 1.29 is 23.5 Å². The molecule has 1 N–H and O–H groups in total. The van der Waals surface area contributed by atoms with Gasteiger partial charge in [0.15, 0.2) is 16.6 Å². The fourth-order valence-electron chi connectivity index (χ4n) is 4.60. The van der Waals surface area contributed by atoms with Crippen molar-refractivity contribution in [2.24, 2.45) is 5.92 Å². The van der Waals surface area contributed by atoms with Crippen LogP contribution in [-0.2, 0) is 18.4 Å². The lowest BCUT2D eigenvalue weighted by atomic mass is 9.89. The van der Waals surface area contributed by atoms with Gasteiger partial charge in [0.1, 0.15) is 6.10 Å². The quantitative estimate of drug-likeness (QED) is 0.124. The molecule has 5 nitrogen and oxygen atoms in total. The molecule has 36 heavy (non-hydrogen) atoms. The van der Waals surface area contributed by atoms with Crippen LogP contribution in [0.1, 0.15) is 81.6 Å². The Labute approximate surface area is 237 Å². The Bertz CT molecular complexity index is 764. The highest BCUT2D eigenvalue weighted by Crippen LogP contribution is 2.40. The van der Waals surface area contributed by atoms with Gasteiger partial charge in [-0.25, -0.2) is 0 Å². The smallest absolute Gasteiger partial charge is 0.308 e. The minimum absolute atomic E-state index is 0.0228. The second-order valence-electron chi connectivity index (χ2n) is 12.4. The maximum Gasteiger partial charge on any atom is 0.308 e. The van der Waals surface area contributed by atoms with E-state index >= 15 is 0 Å². The number of aliphatic hydroxyl groups excluding tert-OH is 1. The van der Waals surface area contributed by atoms with Gasteiger partial charge in [-0.2, -0.15) is 0 Å². The number of aliphatic hydroxyl groups is 1. The standard InChI is InChI=1S/C28H53IO5Si2/c1-12-36(13-2,14-3)34-28(9)18-17-23(33-35(10,11)27(6,7)8)19-25(31)32-26(22(5)20-29)21(4)15-16-24(28)30/h15-16,20-21,23-24,26,30H,12-14,17-19H2,1-11H3/b16-15-,22-20+/t21-,23+,24-,26-,28+/m0/s1. The predicted octanol–water partition coefficient (Wildman–Crippen LogP) is 8.15. The zero-order valence-electron chi connectivity index (χ0n) is 24.7. The van der Waals surface area contributed by atoms with E-state index in [1.54, 1.807) is 0 Å². The third-order valence-corrected chi connectivity index (χ3v) is 18.9. The van der Waals surface area contributed by atoms with Crippen LogP contribution in [0.25, 0.3) is 0 Å². The average Bonchev–Trinajstić information content (AvgIpc) is 2.80. The number of esters is 1. The summed E-state index contributed by atoms with van der Waals surface area (Å²) in [6.45, 7) is 23.8. The largest absolute Gasteiger partial charge is 0.457 e. The molecule has 1 rings (SSSR count). The fraction of sp³-hybridized carbons (Fsp3) is 0.821. The summed E-state index contributed by atoms with van der Waals surface area (Å²) in [6, 6.07) is 3.04. The van der Waals surface area contributed by atoms with Crippen LogP contribution >= 0.6 is 22.6 Å². The third-order valence-electron chi connectivity index (χ3n) is 8.59. The molecule has 8 heteroatoms. The molecule has 0 radical (unpaired) electrons. The molecule has 0 aromatic rings. The fourth-order valence-corrected chi connectivity index (χ4v) is 9.49. The highest BCUT2D eigenvalue weighted by Gasteiger charge is 2.44. The Hall–Kier alpha value is -0.00623. The second-order valence-corrected chi connectivity index (χ2v) is 22.4. The maximum absolute atomic E-state index is 13.2. The molecule has 0 fully saturated rings. The molecule has 1 heterocycles. The van der Waals surface area contributed by atoms with Gasteiger partial charge >= 0.3 is 5.97 Å². The molecule has 0 aliphatic carbocycles. The molecule has 210 valence electrons.